The monoisotopic (exact) mass is 456 g/mol. The lowest BCUT2D eigenvalue weighted by Gasteiger charge is -2.14. The van der Waals surface area contributed by atoms with Gasteiger partial charge in [-0.1, -0.05) is 24.8 Å². The number of carbonyl (C=O) groups is 2. The van der Waals surface area contributed by atoms with E-state index in [1.54, 1.807) is 49.6 Å². The van der Waals surface area contributed by atoms with E-state index in [1.807, 2.05) is 18.2 Å². The molecular weight excluding hydrogens is 432 g/mol. The largest absolute Gasteiger partial charge is 0.403 e. The third-order valence-electron chi connectivity index (χ3n) is 4.37. The highest BCUT2D eigenvalue weighted by Gasteiger charge is 2.14. The lowest BCUT2D eigenvalue weighted by molar-refractivity contribution is -0.111. The third kappa shape index (κ3) is 6.50. The van der Waals surface area contributed by atoms with Gasteiger partial charge in [-0.15, -0.1) is 0 Å². The van der Waals surface area contributed by atoms with Gasteiger partial charge in [-0.3, -0.25) is 14.6 Å². The van der Waals surface area contributed by atoms with Gasteiger partial charge in [0.1, 0.15) is 5.82 Å². The summed E-state index contributed by atoms with van der Waals surface area (Å²) in [6.07, 6.45) is 5.57. The standard InChI is InChI=1S/C24H24N8O2/c1-3-22(33)28-17-9-10-19(23(34)29-16-7-5-4-6-8-16)20(13-17)31-21-11-12-27-24(32-21)30-18(14-25)15-26-2/h3-15H,1,25H2,2H3,(H,28,33)(H,29,34)(H2,27,30,31,32)/b18-14+,26-15?. The summed E-state index contributed by atoms with van der Waals surface area (Å²) >= 11 is 0. The fourth-order valence-electron chi connectivity index (χ4n) is 2.85. The maximum absolute atomic E-state index is 13.0. The average molecular weight is 457 g/mol. The molecule has 0 aliphatic carbocycles. The van der Waals surface area contributed by atoms with Crippen LogP contribution in [0.2, 0.25) is 0 Å². The highest BCUT2D eigenvalue weighted by Crippen LogP contribution is 2.26. The minimum absolute atomic E-state index is 0.271. The van der Waals surface area contributed by atoms with Crippen LogP contribution in [0.15, 0.2) is 90.3 Å². The number of anilines is 5. The van der Waals surface area contributed by atoms with E-state index in [4.69, 9.17) is 5.73 Å². The number of rotatable bonds is 9. The maximum Gasteiger partial charge on any atom is 0.257 e. The highest BCUT2D eigenvalue weighted by atomic mass is 16.2. The molecule has 0 bridgehead atoms. The van der Waals surface area contributed by atoms with Crippen molar-refractivity contribution in [3.8, 4) is 0 Å². The summed E-state index contributed by atoms with van der Waals surface area (Å²) in [4.78, 5) is 37.2. The molecule has 6 N–H and O–H groups in total. The van der Waals surface area contributed by atoms with E-state index in [-0.39, 0.29) is 17.8 Å². The fraction of sp³-hybridized carbons (Fsp3) is 0.0417. The number of carbonyl (C=O) groups excluding carboxylic acids is 2. The van der Waals surface area contributed by atoms with Crippen LogP contribution in [0.4, 0.5) is 28.8 Å². The summed E-state index contributed by atoms with van der Waals surface area (Å²) in [6, 6.07) is 15.6. The summed E-state index contributed by atoms with van der Waals surface area (Å²) in [6.45, 7) is 3.45. The maximum atomic E-state index is 13.0. The first kappa shape index (κ1) is 23.7. The quantitative estimate of drug-likeness (QED) is 0.245. The summed E-state index contributed by atoms with van der Waals surface area (Å²) in [5.41, 5.74) is 7.98. The van der Waals surface area contributed by atoms with Crippen molar-refractivity contribution in [3.05, 3.63) is 90.9 Å². The van der Waals surface area contributed by atoms with Gasteiger partial charge in [-0.05, 0) is 42.5 Å². The van der Waals surface area contributed by atoms with Crippen molar-refractivity contribution < 1.29 is 9.59 Å². The molecule has 0 radical (unpaired) electrons. The van der Waals surface area contributed by atoms with Crippen molar-refractivity contribution in [2.75, 3.05) is 28.3 Å². The van der Waals surface area contributed by atoms with E-state index in [0.717, 1.165) is 6.08 Å². The lowest BCUT2D eigenvalue weighted by atomic mass is 10.1. The number of aromatic nitrogens is 2. The first-order valence-electron chi connectivity index (χ1n) is 10.2. The van der Waals surface area contributed by atoms with Crippen molar-refractivity contribution in [1.82, 2.24) is 9.97 Å². The highest BCUT2D eigenvalue weighted by molar-refractivity contribution is 6.09. The molecule has 2 amide bonds. The van der Waals surface area contributed by atoms with Crippen molar-refractivity contribution in [2.45, 2.75) is 0 Å². The molecule has 1 heterocycles. The first-order chi connectivity index (χ1) is 16.5. The lowest BCUT2D eigenvalue weighted by Crippen LogP contribution is -2.15. The molecule has 0 aliphatic heterocycles. The molecule has 0 fully saturated rings. The molecule has 3 aromatic rings. The summed E-state index contributed by atoms with van der Waals surface area (Å²) < 4.78 is 0. The van der Waals surface area contributed by atoms with Gasteiger partial charge in [-0.25, -0.2) is 4.98 Å². The zero-order chi connectivity index (χ0) is 24.3. The van der Waals surface area contributed by atoms with Gasteiger partial charge in [0.05, 0.1) is 16.9 Å². The number of nitrogens with two attached hydrogens (primary N) is 1. The molecule has 0 unspecified atom stereocenters. The van der Waals surface area contributed by atoms with Crippen LogP contribution in [-0.4, -0.2) is 35.0 Å². The summed E-state index contributed by atoms with van der Waals surface area (Å²) in [7, 11) is 1.62. The molecule has 0 saturated carbocycles. The van der Waals surface area contributed by atoms with Gasteiger partial charge in [0.25, 0.3) is 5.91 Å². The number of hydrogen-bond acceptors (Lipinski definition) is 8. The number of aliphatic imine (C=N–C) groups is 1. The zero-order valence-corrected chi connectivity index (χ0v) is 18.4. The van der Waals surface area contributed by atoms with E-state index >= 15 is 0 Å². The first-order valence-corrected chi connectivity index (χ1v) is 10.2. The predicted molar refractivity (Wildman–Crippen MR) is 135 cm³/mol. The van der Waals surface area contributed by atoms with Crippen molar-refractivity contribution in [3.63, 3.8) is 0 Å². The summed E-state index contributed by atoms with van der Waals surface area (Å²) in [5.74, 6) is -0.0360. The molecule has 0 aliphatic rings. The van der Waals surface area contributed by atoms with Gasteiger partial charge in [0, 0.05) is 37.0 Å². The van der Waals surface area contributed by atoms with Crippen LogP contribution in [0.5, 0.6) is 0 Å². The number of nitrogens with one attached hydrogen (secondary N) is 4. The van der Waals surface area contributed by atoms with E-state index in [2.05, 4.69) is 42.8 Å². The molecule has 0 atom stereocenters. The second-order valence-corrected chi connectivity index (χ2v) is 6.80. The molecule has 34 heavy (non-hydrogen) atoms. The second-order valence-electron chi connectivity index (χ2n) is 6.80. The van der Waals surface area contributed by atoms with Crippen molar-refractivity contribution in [1.29, 1.82) is 0 Å². The molecule has 1 aromatic heterocycles. The Bertz CT molecular complexity index is 1240. The van der Waals surface area contributed by atoms with Crippen LogP contribution in [0.3, 0.4) is 0 Å². The van der Waals surface area contributed by atoms with E-state index in [9.17, 15) is 9.59 Å². The topological polar surface area (TPSA) is 146 Å². The van der Waals surface area contributed by atoms with Gasteiger partial charge >= 0.3 is 0 Å². The Hall–Kier alpha value is -4.99. The normalized spacial score (nSPS) is 11.0. The molecule has 10 nitrogen and oxygen atoms in total. The van der Waals surface area contributed by atoms with E-state index in [0.29, 0.717) is 34.1 Å². The smallest absolute Gasteiger partial charge is 0.257 e. The third-order valence-corrected chi connectivity index (χ3v) is 4.37. The Morgan fingerprint density at radius 2 is 1.82 bits per heavy atom. The predicted octanol–water partition coefficient (Wildman–Crippen LogP) is 3.51. The van der Waals surface area contributed by atoms with Crippen molar-refractivity contribution in [2.24, 2.45) is 10.7 Å². The van der Waals surface area contributed by atoms with Gasteiger partial charge in [-0.2, -0.15) is 4.98 Å². The van der Waals surface area contributed by atoms with E-state index in [1.165, 1.54) is 12.4 Å². The fourth-order valence-corrected chi connectivity index (χ4v) is 2.85. The van der Waals surface area contributed by atoms with Crippen LogP contribution in [0, 0.1) is 0 Å². The Morgan fingerprint density at radius 1 is 1.03 bits per heavy atom. The summed E-state index contributed by atoms with van der Waals surface area (Å²) in [5, 5.41) is 11.6. The SMILES string of the molecule is C=CC(=O)Nc1ccc(C(=O)Nc2ccccc2)c(Nc2ccnc(N/C(C=NC)=C/N)n2)c1. The van der Waals surface area contributed by atoms with Crippen LogP contribution < -0.4 is 27.0 Å². The van der Waals surface area contributed by atoms with Crippen LogP contribution in [0.25, 0.3) is 0 Å². The Morgan fingerprint density at radius 3 is 2.53 bits per heavy atom. The minimum atomic E-state index is -0.375. The molecule has 2 aromatic carbocycles. The molecular formula is C24H24N8O2. The second kappa shape index (κ2) is 11.6. The zero-order valence-electron chi connectivity index (χ0n) is 18.4. The minimum Gasteiger partial charge on any atom is -0.403 e. The number of nitrogens with zero attached hydrogens (tertiary/aromatic N) is 3. The van der Waals surface area contributed by atoms with Gasteiger partial charge < -0.3 is 27.0 Å². The van der Waals surface area contributed by atoms with Gasteiger partial charge in [0.15, 0.2) is 0 Å². The number of benzene rings is 2. The molecule has 3 rings (SSSR count). The van der Waals surface area contributed by atoms with E-state index < -0.39 is 0 Å². The Kier molecular flexibility index (Phi) is 8.06. The number of amides is 2. The van der Waals surface area contributed by atoms with Crippen LogP contribution >= 0.6 is 0 Å². The van der Waals surface area contributed by atoms with Crippen LogP contribution in [-0.2, 0) is 4.79 Å². The molecule has 0 saturated heterocycles. The van der Waals surface area contributed by atoms with Crippen molar-refractivity contribution >= 4 is 46.9 Å². The van der Waals surface area contributed by atoms with Crippen LogP contribution in [0.1, 0.15) is 10.4 Å². The molecule has 0 spiro atoms. The molecule has 172 valence electrons. The Balaban J connectivity index is 1.92. The van der Waals surface area contributed by atoms with Gasteiger partial charge in [0.2, 0.25) is 11.9 Å². The molecule has 10 heteroatoms. The average Bonchev–Trinajstić information content (AvgIpc) is 2.84. The number of para-hydroxylation sites is 1. The number of allylic oxidation sites excluding steroid dienone is 1. The Labute approximate surface area is 196 Å². The number of hydrogen-bond donors (Lipinski definition) is 5.